The van der Waals surface area contributed by atoms with Crippen LogP contribution in [0.1, 0.15) is 23.0 Å². The van der Waals surface area contributed by atoms with E-state index < -0.39 is 12.1 Å². The van der Waals surface area contributed by atoms with Gasteiger partial charge in [-0.3, -0.25) is 0 Å². The van der Waals surface area contributed by atoms with Gasteiger partial charge in [0.25, 0.3) is 0 Å². The molecule has 22 heavy (non-hydrogen) atoms. The minimum Gasteiger partial charge on any atom is -0.476 e. The number of nitrogens with one attached hydrogen (secondary N) is 1. The Morgan fingerprint density at radius 3 is 2.73 bits per heavy atom. The maximum atomic E-state index is 11.7. The largest absolute Gasteiger partial charge is 0.476 e. The van der Waals surface area contributed by atoms with Gasteiger partial charge in [-0.1, -0.05) is 35.5 Å². The summed E-state index contributed by atoms with van der Waals surface area (Å²) in [5.41, 5.74) is 0.756. The first kappa shape index (κ1) is 15.5. The number of hydrogen-bond acceptors (Lipinski definition) is 5. The van der Waals surface area contributed by atoms with Crippen molar-refractivity contribution in [3.8, 4) is 0 Å². The number of hydrogen-bond donors (Lipinski definition) is 2. The van der Waals surface area contributed by atoms with Crippen molar-refractivity contribution in [1.82, 2.24) is 20.3 Å². The van der Waals surface area contributed by atoms with Crippen LogP contribution in [-0.4, -0.2) is 38.2 Å². The number of aromatic carboxylic acids is 1. The molecule has 0 unspecified atom stereocenters. The Kier molecular flexibility index (Phi) is 5.07. The molecule has 0 bridgehead atoms. The van der Waals surface area contributed by atoms with Crippen LogP contribution in [0.4, 0.5) is 4.79 Å². The molecule has 2 N–H and O–H groups in total. The Hall–Kier alpha value is -2.90. The minimum absolute atomic E-state index is 0.140. The summed E-state index contributed by atoms with van der Waals surface area (Å²) < 4.78 is 6.44. The number of nitrogens with zero attached hydrogens (tertiary/aromatic N) is 3. The molecule has 1 aromatic heterocycles. The molecule has 8 heteroatoms. The van der Waals surface area contributed by atoms with Gasteiger partial charge in [0.05, 0.1) is 12.7 Å². The van der Waals surface area contributed by atoms with Gasteiger partial charge in [-0.05, 0) is 12.5 Å². The van der Waals surface area contributed by atoms with Gasteiger partial charge in [-0.2, -0.15) is 0 Å². The highest BCUT2D eigenvalue weighted by Gasteiger charge is 2.12. The summed E-state index contributed by atoms with van der Waals surface area (Å²) in [5.74, 6) is -1.14. The van der Waals surface area contributed by atoms with E-state index in [0.29, 0.717) is 6.54 Å². The molecule has 0 saturated carbocycles. The Labute approximate surface area is 126 Å². The number of rotatable bonds is 6. The van der Waals surface area contributed by atoms with E-state index in [4.69, 9.17) is 9.84 Å². The third-order valence-electron chi connectivity index (χ3n) is 2.80. The van der Waals surface area contributed by atoms with Gasteiger partial charge in [-0.25, -0.2) is 14.3 Å². The van der Waals surface area contributed by atoms with E-state index in [1.807, 2.05) is 30.3 Å². The predicted molar refractivity (Wildman–Crippen MR) is 76.2 cm³/mol. The second kappa shape index (κ2) is 7.21. The summed E-state index contributed by atoms with van der Waals surface area (Å²) in [4.78, 5) is 22.3. The van der Waals surface area contributed by atoms with E-state index in [1.54, 1.807) is 6.92 Å². The van der Waals surface area contributed by atoms with Crippen molar-refractivity contribution >= 4 is 12.1 Å². The molecule has 2 rings (SSSR count). The summed E-state index contributed by atoms with van der Waals surface area (Å²) in [6.07, 6.45) is 0.755. The lowest BCUT2D eigenvalue weighted by Crippen LogP contribution is -2.36. The number of amides is 1. The SMILES string of the molecule is C[C@H](Cn1cc(C(=O)O)nn1)NC(=O)OCc1ccccc1. The van der Waals surface area contributed by atoms with Crippen LogP contribution in [0.5, 0.6) is 0 Å². The molecule has 1 atom stereocenters. The minimum atomic E-state index is -1.14. The van der Waals surface area contributed by atoms with Crippen LogP contribution in [-0.2, 0) is 17.9 Å². The molecule has 0 aliphatic rings. The molecule has 0 radical (unpaired) electrons. The van der Waals surface area contributed by atoms with Crippen molar-refractivity contribution in [1.29, 1.82) is 0 Å². The topological polar surface area (TPSA) is 106 Å². The summed E-state index contributed by atoms with van der Waals surface area (Å²) in [5, 5.41) is 18.6. The summed E-state index contributed by atoms with van der Waals surface area (Å²) in [6.45, 7) is 2.23. The first-order chi connectivity index (χ1) is 10.5. The first-order valence-electron chi connectivity index (χ1n) is 6.65. The van der Waals surface area contributed by atoms with Crippen LogP contribution >= 0.6 is 0 Å². The van der Waals surface area contributed by atoms with Crippen LogP contribution in [0.25, 0.3) is 0 Å². The number of alkyl carbamates (subject to hydrolysis) is 1. The number of ether oxygens (including phenoxy) is 1. The van der Waals surface area contributed by atoms with Gasteiger partial charge in [0.15, 0.2) is 5.69 Å². The average Bonchev–Trinajstić information content (AvgIpc) is 2.95. The second-order valence-corrected chi connectivity index (χ2v) is 4.74. The highest BCUT2D eigenvalue weighted by molar-refractivity contribution is 5.84. The third kappa shape index (κ3) is 4.58. The van der Waals surface area contributed by atoms with Crippen molar-refractivity contribution in [2.75, 3.05) is 0 Å². The third-order valence-corrected chi connectivity index (χ3v) is 2.80. The molecule has 0 aliphatic heterocycles. The number of aromatic nitrogens is 3. The van der Waals surface area contributed by atoms with Crippen molar-refractivity contribution in [2.24, 2.45) is 0 Å². The average molecular weight is 304 g/mol. The maximum Gasteiger partial charge on any atom is 0.407 e. The van der Waals surface area contributed by atoms with Crippen LogP contribution in [0, 0.1) is 0 Å². The quantitative estimate of drug-likeness (QED) is 0.833. The van der Waals surface area contributed by atoms with E-state index in [2.05, 4.69) is 15.6 Å². The molecule has 0 spiro atoms. The molecule has 0 fully saturated rings. The number of carboxylic acid groups (broad SMARTS) is 1. The van der Waals surface area contributed by atoms with E-state index in [-0.39, 0.29) is 18.3 Å². The van der Waals surface area contributed by atoms with Gasteiger partial charge in [-0.15, -0.1) is 5.10 Å². The summed E-state index contributed by atoms with van der Waals surface area (Å²) >= 11 is 0. The smallest absolute Gasteiger partial charge is 0.407 e. The number of carbonyl (C=O) groups excluding carboxylic acids is 1. The fraction of sp³-hybridized carbons (Fsp3) is 0.286. The molecule has 116 valence electrons. The van der Waals surface area contributed by atoms with Gasteiger partial charge < -0.3 is 15.2 Å². The summed E-state index contributed by atoms with van der Waals surface area (Å²) in [7, 11) is 0. The zero-order valence-corrected chi connectivity index (χ0v) is 12.0. The van der Waals surface area contributed by atoms with Gasteiger partial charge in [0.1, 0.15) is 6.61 Å². The number of carboxylic acids is 1. The monoisotopic (exact) mass is 304 g/mol. The van der Waals surface area contributed by atoms with Crippen molar-refractivity contribution < 1.29 is 19.4 Å². The number of carbonyl (C=O) groups is 2. The Bertz CT molecular complexity index is 641. The normalized spacial score (nSPS) is 11.7. The van der Waals surface area contributed by atoms with Crippen LogP contribution in [0.2, 0.25) is 0 Å². The fourth-order valence-electron chi connectivity index (χ4n) is 1.78. The van der Waals surface area contributed by atoms with E-state index in [9.17, 15) is 9.59 Å². The van der Waals surface area contributed by atoms with Gasteiger partial charge in [0.2, 0.25) is 0 Å². The van der Waals surface area contributed by atoms with Crippen molar-refractivity contribution in [3.05, 3.63) is 47.8 Å². The lowest BCUT2D eigenvalue weighted by molar-refractivity contribution is 0.0690. The molecule has 8 nitrogen and oxygen atoms in total. The van der Waals surface area contributed by atoms with E-state index in [0.717, 1.165) is 5.56 Å². The zero-order valence-electron chi connectivity index (χ0n) is 12.0. The van der Waals surface area contributed by atoms with Crippen LogP contribution in [0.15, 0.2) is 36.5 Å². The van der Waals surface area contributed by atoms with Gasteiger partial charge in [0, 0.05) is 6.04 Å². The summed E-state index contributed by atoms with van der Waals surface area (Å²) in [6, 6.07) is 9.05. The predicted octanol–water partition coefficient (Wildman–Crippen LogP) is 1.29. The van der Waals surface area contributed by atoms with E-state index in [1.165, 1.54) is 10.9 Å². The fourth-order valence-corrected chi connectivity index (χ4v) is 1.78. The first-order valence-corrected chi connectivity index (χ1v) is 6.65. The lowest BCUT2D eigenvalue weighted by atomic mass is 10.2. The van der Waals surface area contributed by atoms with Crippen molar-refractivity contribution in [2.45, 2.75) is 26.1 Å². The Morgan fingerprint density at radius 1 is 1.36 bits per heavy atom. The Morgan fingerprint density at radius 2 is 2.09 bits per heavy atom. The molecule has 2 aromatic rings. The van der Waals surface area contributed by atoms with Crippen LogP contribution < -0.4 is 5.32 Å². The second-order valence-electron chi connectivity index (χ2n) is 4.74. The molecule has 1 aromatic carbocycles. The number of benzene rings is 1. The maximum absolute atomic E-state index is 11.7. The van der Waals surface area contributed by atoms with Gasteiger partial charge >= 0.3 is 12.1 Å². The lowest BCUT2D eigenvalue weighted by Gasteiger charge is -2.13. The molecular formula is C14H16N4O4. The van der Waals surface area contributed by atoms with E-state index >= 15 is 0 Å². The molecule has 1 amide bonds. The molecule has 0 saturated heterocycles. The molecule has 1 heterocycles. The van der Waals surface area contributed by atoms with Crippen LogP contribution in [0.3, 0.4) is 0 Å². The highest BCUT2D eigenvalue weighted by Crippen LogP contribution is 2.01. The Balaban J connectivity index is 1.77. The van der Waals surface area contributed by atoms with Crippen molar-refractivity contribution in [3.63, 3.8) is 0 Å². The standard InChI is InChI=1S/C14H16N4O4/c1-10(7-18-8-12(13(19)20)16-17-18)15-14(21)22-9-11-5-3-2-4-6-11/h2-6,8,10H,7,9H2,1H3,(H,15,21)(H,19,20)/t10-/m1/s1. The zero-order chi connectivity index (χ0) is 15.9. The highest BCUT2D eigenvalue weighted by atomic mass is 16.5. The molecule has 0 aliphatic carbocycles. The molecular weight excluding hydrogens is 288 g/mol.